The van der Waals surface area contributed by atoms with E-state index < -0.39 is 16.0 Å². The normalized spacial score (nSPS) is 14.4. The van der Waals surface area contributed by atoms with Gasteiger partial charge in [-0.2, -0.15) is 0 Å². The number of benzene rings is 1. The third-order valence-electron chi connectivity index (χ3n) is 2.30. The summed E-state index contributed by atoms with van der Waals surface area (Å²) in [6.07, 6.45) is 0.785. The summed E-state index contributed by atoms with van der Waals surface area (Å²) in [5, 5.41) is -0.523. The van der Waals surface area contributed by atoms with Crippen molar-refractivity contribution in [1.82, 2.24) is 0 Å². The van der Waals surface area contributed by atoms with Crippen LogP contribution in [0.3, 0.4) is 0 Å². The third-order valence-corrected chi connectivity index (χ3v) is 4.11. The van der Waals surface area contributed by atoms with Gasteiger partial charge in [0.25, 0.3) is 0 Å². The summed E-state index contributed by atoms with van der Waals surface area (Å²) in [7, 11) is -1.14. The summed E-state index contributed by atoms with van der Waals surface area (Å²) < 4.78 is 24.3. The molecule has 1 aromatic rings. The summed E-state index contributed by atoms with van der Waals surface area (Å²) in [5.41, 5.74) is 0.415. The first kappa shape index (κ1) is 13.0. The van der Waals surface area contributed by atoms with Crippen LogP contribution in [-0.4, -0.2) is 21.0 Å². The number of hydrogen-bond acceptors (Lipinski definition) is 2. The predicted octanol–water partition coefficient (Wildman–Crippen LogP) is 2.56. The van der Waals surface area contributed by atoms with Crippen molar-refractivity contribution in [3.63, 3.8) is 0 Å². The lowest BCUT2D eigenvalue weighted by molar-refractivity contribution is 0.0992. The molecule has 0 amide bonds. The second-order valence-electron chi connectivity index (χ2n) is 3.60. The van der Waals surface area contributed by atoms with Gasteiger partial charge in [0.15, 0.2) is 5.78 Å². The van der Waals surface area contributed by atoms with Crippen molar-refractivity contribution in [2.75, 3.05) is 5.75 Å². The average molecular weight is 242 g/mol. The summed E-state index contributed by atoms with van der Waals surface area (Å²) in [4.78, 5) is 11.9. The van der Waals surface area contributed by atoms with Crippen molar-refractivity contribution >= 4 is 16.6 Å². The first-order valence-corrected chi connectivity index (χ1v) is 6.61. The number of ketones is 1. The van der Waals surface area contributed by atoms with Gasteiger partial charge in [-0.15, -0.1) is 0 Å². The molecule has 0 saturated carbocycles. The molecule has 0 N–H and O–H groups in total. The Kier molecular flexibility index (Phi) is 4.80. The minimum Gasteiger partial charge on any atom is -0.293 e. The van der Waals surface area contributed by atoms with Gasteiger partial charge in [-0.05, 0) is 37.6 Å². The fourth-order valence-electron chi connectivity index (χ4n) is 1.35. The van der Waals surface area contributed by atoms with Gasteiger partial charge in [-0.1, -0.05) is 6.92 Å². The highest BCUT2D eigenvalue weighted by Crippen LogP contribution is 2.10. The molecule has 0 aliphatic carbocycles. The Bertz CT molecular complexity index is 387. The van der Waals surface area contributed by atoms with Crippen LogP contribution in [0.4, 0.5) is 4.39 Å². The van der Waals surface area contributed by atoms with E-state index in [2.05, 4.69) is 0 Å². The van der Waals surface area contributed by atoms with E-state index in [9.17, 15) is 13.4 Å². The SMILES string of the molecule is CCCS(=O)C(C)C(=O)c1ccc(F)cc1. The minimum absolute atomic E-state index is 0.188. The molecule has 16 heavy (non-hydrogen) atoms. The van der Waals surface area contributed by atoms with Crippen molar-refractivity contribution in [3.05, 3.63) is 35.6 Å². The fraction of sp³-hybridized carbons (Fsp3) is 0.417. The van der Waals surface area contributed by atoms with Gasteiger partial charge in [0.05, 0.1) is 5.25 Å². The van der Waals surface area contributed by atoms with Crippen molar-refractivity contribution in [3.8, 4) is 0 Å². The largest absolute Gasteiger partial charge is 0.293 e. The first-order valence-electron chi connectivity index (χ1n) is 5.23. The highest BCUT2D eigenvalue weighted by molar-refractivity contribution is 7.86. The van der Waals surface area contributed by atoms with Crippen LogP contribution >= 0.6 is 0 Å². The molecule has 1 rings (SSSR count). The molecular formula is C12H15FO2S. The van der Waals surface area contributed by atoms with E-state index in [-0.39, 0.29) is 11.6 Å². The highest BCUT2D eigenvalue weighted by Gasteiger charge is 2.20. The maximum absolute atomic E-state index is 12.7. The van der Waals surface area contributed by atoms with Crippen LogP contribution in [0.15, 0.2) is 24.3 Å². The Hall–Kier alpha value is -1.03. The number of carbonyl (C=O) groups excluding carboxylic acids is 1. The van der Waals surface area contributed by atoms with Gasteiger partial charge in [0.2, 0.25) is 0 Å². The maximum Gasteiger partial charge on any atom is 0.178 e. The molecule has 0 aliphatic rings. The van der Waals surface area contributed by atoms with E-state index in [1.807, 2.05) is 6.92 Å². The molecule has 0 spiro atoms. The highest BCUT2D eigenvalue weighted by atomic mass is 32.2. The number of hydrogen-bond donors (Lipinski definition) is 0. The monoisotopic (exact) mass is 242 g/mol. The van der Waals surface area contributed by atoms with Gasteiger partial charge in [-0.25, -0.2) is 4.39 Å². The predicted molar refractivity (Wildman–Crippen MR) is 63.5 cm³/mol. The summed E-state index contributed by atoms with van der Waals surface area (Å²) in [6.45, 7) is 3.57. The molecule has 88 valence electrons. The fourth-order valence-corrected chi connectivity index (χ4v) is 2.48. The van der Waals surface area contributed by atoms with E-state index in [0.717, 1.165) is 6.42 Å². The quantitative estimate of drug-likeness (QED) is 0.744. The second kappa shape index (κ2) is 5.89. The molecule has 2 unspecified atom stereocenters. The Morgan fingerprint density at radius 2 is 1.94 bits per heavy atom. The van der Waals surface area contributed by atoms with E-state index >= 15 is 0 Å². The molecule has 0 aromatic heterocycles. The van der Waals surface area contributed by atoms with E-state index in [1.165, 1.54) is 24.3 Å². The molecule has 2 nitrogen and oxygen atoms in total. The van der Waals surface area contributed by atoms with Crippen molar-refractivity contribution in [2.24, 2.45) is 0 Å². The lowest BCUT2D eigenvalue weighted by atomic mass is 10.1. The van der Waals surface area contributed by atoms with Crippen LogP contribution in [0.5, 0.6) is 0 Å². The van der Waals surface area contributed by atoms with Crippen molar-refractivity contribution < 1.29 is 13.4 Å². The zero-order chi connectivity index (χ0) is 12.1. The molecule has 0 fully saturated rings. The van der Waals surface area contributed by atoms with Crippen LogP contribution < -0.4 is 0 Å². The Morgan fingerprint density at radius 1 is 1.38 bits per heavy atom. The van der Waals surface area contributed by atoms with Crippen LogP contribution in [0, 0.1) is 5.82 Å². The third kappa shape index (κ3) is 3.23. The Labute approximate surface area is 97.3 Å². The molecule has 0 bridgehead atoms. The standard InChI is InChI=1S/C12H15FO2S/c1-3-8-16(15)9(2)12(14)10-4-6-11(13)7-5-10/h4-7,9H,3,8H2,1-2H3. The summed E-state index contributed by atoms with van der Waals surface area (Å²) >= 11 is 0. The zero-order valence-corrected chi connectivity index (χ0v) is 10.2. The second-order valence-corrected chi connectivity index (χ2v) is 5.48. The molecule has 0 aliphatic heterocycles. The number of Topliss-reactive ketones (excluding diaryl/α,β-unsaturated/α-hetero) is 1. The topological polar surface area (TPSA) is 34.1 Å². The zero-order valence-electron chi connectivity index (χ0n) is 9.40. The van der Waals surface area contributed by atoms with Gasteiger partial charge >= 0.3 is 0 Å². The van der Waals surface area contributed by atoms with Gasteiger partial charge < -0.3 is 0 Å². The van der Waals surface area contributed by atoms with Crippen LogP contribution in [0.2, 0.25) is 0 Å². The lowest BCUT2D eigenvalue weighted by Gasteiger charge is -2.09. The van der Waals surface area contributed by atoms with E-state index in [0.29, 0.717) is 11.3 Å². The molecule has 0 heterocycles. The molecule has 0 radical (unpaired) electrons. The smallest absolute Gasteiger partial charge is 0.178 e. The molecule has 2 atom stereocenters. The number of rotatable bonds is 5. The minimum atomic E-state index is -1.14. The van der Waals surface area contributed by atoms with Crippen molar-refractivity contribution in [1.29, 1.82) is 0 Å². The number of carbonyl (C=O) groups is 1. The van der Waals surface area contributed by atoms with Crippen molar-refractivity contribution in [2.45, 2.75) is 25.5 Å². The number of halogens is 1. The maximum atomic E-state index is 12.7. The van der Waals surface area contributed by atoms with Gasteiger partial charge in [0, 0.05) is 22.1 Å². The van der Waals surface area contributed by atoms with Crippen LogP contribution in [-0.2, 0) is 10.8 Å². The average Bonchev–Trinajstić information content (AvgIpc) is 2.28. The lowest BCUT2D eigenvalue weighted by Crippen LogP contribution is -2.24. The Morgan fingerprint density at radius 3 is 2.44 bits per heavy atom. The molecular weight excluding hydrogens is 227 g/mol. The molecule has 1 aromatic carbocycles. The summed E-state index contributed by atoms with van der Waals surface area (Å²) in [5.74, 6) is -0.0423. The van der Waals surface area contributed by atoms with Gasteiger partial charge in [-0.3, -0.25) is 9.00 Å². The van der Waals surface area contributed by atoms with Crippen LogP contribution in [0.25, 0.3) is 0 Å². The molecule has 0 saturated heterocycles. The first-order chi connectivity index (χ1) is 7.56. The van der Waals surface area contributed by atoms with E-state index in [4.69, 9.17) is 0 Å². The molecule has 4 heteroatoms. The Balaban J connectivity index is 2.78. The van der Waals surface area contributed by atoms with Crippen LogP contribution in [0.1, 0.15) is 30.6 Å². The van der Waals surface area contributed by atoms with Gasteiger partial charge in [0.1, 0.15) is 5.82 Å². The van der Waals surface area contributed by atoms with E-state index in [1.54, 1.807) is 6.92 Å². The summed E-state index contributed by atoms with van der Waals surface area (Å²) in [6, 6.07) is 5.33.